The highest BCUT2D eigenvalue weighted by Crippen LogP contribution is 2.18. The van der Waals surface area contributed by atoms with Crippen LogP contribution < -0.4 is 10.6 Å². The molecule has 0 bridgehead atoms. The fraction of sp³-hybridized carbons (Fsp3) is 0.235. The molecule has 3 rings (SSSR count). The van der Waals surface area contributed by atoms with Gasteiger partial charge in [0.1, 0.15) is 5.82 Å². The lowest BCUT2D eigenvalue weighted by Crippen LogP contribution is -2.35. The van der Waals surface area contributed by atoms with Crippen LogP contribution in [0.2, 0.25) is 0 Å². The van der Waals surface area contributed by atoms with Crippen LogP contribution in [0.25, 0.3) is 0 Å². The second kappa shape index (κ2) is 6.39. The number of nitrogens with zero attached hydrogens (tertiary/aromatic N) is 1. The van der Waals surface area contributed by atoms with Gasteiger partial charge in [0, 0.05) is 13.1 Å². The predicted octanol–water partition coefficient (Wildman–Crippen LogP) is 2.66. The third kappa shape index (κ3) is 3.40. The molecule has 0 saturated carbocycles. The van der Waals surface area contributed by atoms with Crippen molar-refractivity contribution in [2.24, 2.45) is 4.99 Å². The molecule has 1 aliphatic rings. The summed E-state index contributed by atoms with van der Waals surface area (Å²) in [4.78, 5) is 4.61. The first kappa shape index (κ1) is 13.6. The summed E-state index contributed by atoms with van der Waals surface area (Å²) in [6.45, 7) is 1.46. The molecule has 0 saturated heterocycles. The molecule has 4 heteroatoms. The summed E-state index contributed by atoms with van der Waals surface area (Å²) in [5.41, 5.74) is 1.93. The second-order valence-electron chi connectivity index (χ2n) is 5.05. The van der Waals surface area contributed by atoms with Crippen molar-refractivity contribution in [3.63, 3.8) is 0 Å². The Balaban J connectivity index is 1.54. The third-order valence-corrected chi connectivity index (χ3v) is 3.58. The first-order valence-electron chi connectivity index (χ1n) is 7.17. The van der Waals surface area contributed by atoms with Crippen LogP contribution >= 0.6 is 0 Å². The van der Waals surface area contributed by atoms with E-state index in [1.165, 1.54) is 11.6 Å². The number of rotatable bonds is 4. The minimum absolute atomic E-state index is 0.150. The van der Waals surface area contributed by atoms with Gasteiger partial charge in [-0.2, -0.15) is 0 Å². The van der Waals surface area contributed by atoms with Crippen LogP contribution in [0.15, 0.2) is 59.6 Å². The molecule has 0 aromatic heterocycles. The van der Waals surface area contributed by atoms with Crippen molar-refractivity contribution >= 4 is 5.96 Å². The van der Waals surface area contributed by atoms with Crippen molar-refractivity contribution in [2.45, 2.75) is 12.5 Å². The number of nitrogens with one attached hydrogen (secondary N) is 2. The molecule has 0 fully saturated rings. The van der Waals surface area contributed by atoms with Gasteiger partial charge < -0.3 is 10.6 Å². The van der Waals surface area contributed by atoms with Crippen LogP contribution in [0.5, 0.6) is 0 Å². The van der Waals surface area contributed by atoms with E-state index in [0.717, 1.165) is 18.1 Å². The van der Waals surface area contributed by atoms with E-state index in [2.05, 4.69) is 27.8 Å². The highest BCUT2D eigenvalue weighted by atomic mass is 19.1. The van der Waals surface area contributed by atoms with Crippen molar-refractivity contribution in [1.29, 1.82) is 0 Å². The molecule has 1 heterocycles. The average Bonchev–Trinajstić information content (AvgIpc) is 2.99. The van der Waals surface area contributed by atoms with E-state index >= 15 is 0 Å². The van der Waals surface area contributed by atoms with Crippen molar-refractivity contribution in [3.05, 3.63) is 71.5 Å². The summed E-state index contributed by atoms with van der Waals surface area (Å²) >= 11 is 0. The van der Waals surface area contributed by atoms with E-state index in [1.54, 1.807) is 6.07 Å². The van der Waals surface area contributed by atoms with E-state index in [-0.39, 0.29) is 11.9 Å². The zero-order valence-corrected chi connectivity index (χ0v) is 11.7. The Labute approximate surface area is 123 Å². The largest absolute Gasteiger partial charge is 0.356 e. The van der Waals surface area contributed by atoms with Gasteiger partial charge in [0.05, 0.1) is 6.04 Å². The Bertz CT molecular complexity index is 625. The molecule has 1 aliphatic heterocycles. The van der Waals surface area contributed by atoms with Crippen LogP contribution in [-0.4, -0.2) is 19.0 Å². The first-order valence-corrected chi connectivity index (χ1v) is 7.17. The predicted molar refractivity (Wildman–Crippen MR) is 82.7 cm³/mol. The minimum Gasteiger partial charge on any atom is -0.356 e. The Morgan fingerprint density at radius 3 is 2.67 bits per heavy atom. The highest BCUT2D eigenvalue weighted by Gasteiger charge is 2.17. The van der Waals surface area contributed by atoms with Gasteiger partial charge >= 0.3 is 0 Å². The maximum Gasteiger partial charge on any atom is 0.192 e. The molecular weight excluding hydrogens is 265 g/mol. The maximum absolute atomic E-state index is 13.5. The number of benzene rings is 2. The van der Waals surface area contributed by atoms with Gasteiger partial charge in [0.2, 0.25) is 0 Å². The topological polar surface area (TPSA) is 36.4 Å². The number of hydrogen-bond acceptors (Lipinski definition) is 3. The number of guanidine groups is 1. The Morgan fingerprint density at radius 1 is 1.10 bits per heavy atom. The zero-order chi connectivity index (χ0) is 14.5. The van der Waals surface area contributed by atoms with Gasteiger partial charge in [0.15, 0.2) is 5.96 Å². The molecule has 0 unspecified atom stereocenters. The molecule has 2 aromatic carbocycles. The number of aliphatic imine (C=N–C) groups is 1. The lowest BCUT2D eigenvalue weighted by Gasteiger charge is -2.06. The second-order valence-corrected chi connectivity index (χ2v) is 5.05. The molecule has 0 aliphatic carbocycles. The summed E-state index contributed by atoms with van der Waals surface area (Å²) in [6.07, 6.45) is 0.642. The van der Waals surface area contributed by atoms with Gasteiger partial charge in [-0.3, -0.25) is 0 Å². The Kier molecular flexibility index (Phi) is 4.15. The monoisotopic (exact) mass is 283 g/mol. The maximum atomic E-state index is 13.5. The summed E-state index contributed by atoms with van der Waals surface area (Å²) in [5.74, 6) is 0.642. The van der Waals surface area contributed by atoms with E-state index in [1.807, 2.05) is 30.3 Å². The molecular formula is C17H18FN3. The van der Waals surface area contributed by atoms with Crippen LogP contribution in [-0.2, 0) is 6.42 Å². The summed E-state index contributed by atoms with van der Waals surface area (Å²) in [6, 6.07) is 17.2. The lowest BCUT2D eigenvalue weighted by molar-refractivity contribution is 0.607. The van der Waals surface area contributed by atoms with Crippen LogP contribution in [0.1, 0.15) is 17.2 Å². The van der Waals surface area contributed by atoms with E-state index in [4.69, 9.17) is 0 Å². The van der Waals surface area contributed by atoms with Crippen LogP contribution in [0.4, 0.5) is 4.39 Å². The zero-order valence-electron chi connectivity index (χ0n) is 11.7. The van der Waals surface area contributed by atoms with Gasteiger partial charge in [0.25, 0.3) is 0 Å². The minimum atomic E-state index is -0.150. The van der Waals surface area contributed by atoms with Gasteiger partial charge in [-0.05, 0) is 23.6 Å². The van der Waals surface area contributed by atoms with Gasteiger partial charge in [-0.1, -0.05) is 48.5 Å². The van der Waals surface area contributed by atoms with Crippen molar-refractivity contribution in [1.82, 2.24) is 10.6 Å². The van der Waals surface area contributed by atoms with E-state index in [9.17, 15) is 4.39 Å². The number of halogens is 1. The molecule has 21 heavy (non-hydrogen) atoms. The quantitative estimate of drug-likeness (QED) is 0.905. The fourth-order valence-electron chi connectivity index (χ4n) is 2.43. The average molecular weight is 283 g/mol. The lowest BCUT2D eigenvalue weighted by atomic mass is 10.1. The molecule has 108 valence electrons. The van der Waals surface area contributed by atoms with Gasteiger partial charge in [-0.25, -0.2) is 9.38 Å². The third-order valence-electron chi connectivity index (χ3n) is 3.58. The smallest absolute Gasteiger partial charge is 0.192 e. The normalized spacial score (nSPS) is 17.2. The Hall–Kier alpha value is -2.36. The molecule has 3 nitrogen and oxygen atoms in total. The molecule has 0 amide bonds. The summed E-state index contributed by atoms with van der Waals surface area (Å²) in [5, 5.41) is 6.48. The highest BCUT2D eigenvalue weighted by molar-refractivity contribution is 5.81. The van der Waals surface area contributed by atoms with Crippen LogP contribution in [0, 0.1) is 5.82 Å². The van der Waals surface area contributed by atoms with Crippen LogP contribution in [0.3, 0.4) is 0 Å². The van der Waals surface area contributed by atoms with Crippen molar-refractivity contribution < 1.29 is 4.39 Å². The van der Waals surface area contributed by atoms with Crippen molar-refractivity contribution in [2.75, 3.05) is 13.1 Å². The standard InChI is InChI=1S/C17H18FN3/c18-15-9-5-4-6-13(15)10-11-19-17-20-12-16(21-17)14-7-2-1-3-8-14/h1-9,16H,10-12H2,(H2,19,20,21)/t16-/m1/s1. The van der Waals surface area contributed by atoms with Crippen molar-refractivity contribution in [3.8, 4) is 0 Å². The molecule has 0 spiro atoms. The summed E-state index contributed by atoms with van der Waals surface area (Å²) in [7, 11) is 0. The van der Waals surface area contributed by atoms with E-state index in [0.29, 0.717) is 13.0 Å². The molecule has 2 N–H and O–H groups in total. The molecule has 2 aromatic rings. The molecule has 0 radical (unpaired) electrons. The van der Waals surface area contributed by atoms with E-state index < -0.39 is 0 Å². The summed E-state index contributed by atoms with van der Waals surface area (Å²) < 4.78 is 13.5. The Morgan fingerprint density at radius 2 is 1.86 bits per heavy atom. The first-order chi connectivity index (χ1) is 10.3. The van der Waals surface area contributed by atoms with Gasteiger partial charge in [-0.15, -0.1) is 0 Å². The SMILES string of the molecule is Fc1ccccc1CCNC1=N[C@@H](c2ccccc2)CN1. The fourth-order valence-corrected chi connectivity index (χ4v) is 2.43. The molecule has 1 atom stereocenters. The number of hydrogen-bond donors (Lipinski definition) is 2.